The number of hydrogen-bond donors (Lipinski definition) is 2. The second-order valence-electron chi connectivity index (χ2n) is 3.81. The number of nitrogens with one attached hydrogen (secondary N) is 2. The van der Waals surface area contributed by atoms with Crippen molar-refractivity contribution in [3.63, 3.8) is 0 Å². The lowest BCUT2D eigenvalue weighted by Crippen LogP contribution is -2.36. The fourth-order valence-electron chi connectivity index (χ4n) is 1.77. The van der Waals surface area contributed by atoms with Crippen LogP contribution in [0.3, 0.4) is 0 Å². The molecule has 0 saturated carbocycles. The standard InChI is InChI=1S/C10H15N3O2/c1-6-9(15-7(2)12-6)10(14)13-8-3-4-11-5-8/h8,11H,3-5H2,1-2H3,(H,13,14). The van der Waals surface area contributed by atoms with Crippen molar-refractivity contribution < 1.29 is 9.21 Å². The Kier molecular flexibility index (Phi) is 2.73. The first kappa shape index (κ1) is 10.2. The fourth-order valence-corrected chi connectivity index (χ4v) is 1.77. The highest BCUT2D eigenvalue weighted by molar-refractivity contribution is 5.92. The van der Waals surface area contributed by atoms with Gasteiger partial charge in [0.2, 0.25) is 5.76 Å². The molecule has 2 N–H and O–H groups in total. The first-order valence-corrected chi connectivity index (χ1v) is 5.12. The maximum atomic E-state index is 11.8. The molecule has 0 aromatic carbocycles. The third kappa shape index (κ3) is 2.18. The minimum absolute atomic E-state index is 0.165. The van der Waals surface area contributed by atoms with Crippen LogP contribution in [-0.4, -0.2) is 30.0 Å². The van der Waals surface area contributed by atoms with Crippen LogP contribution in [0.1, 0.15) is 28.6 Å². The van der Waals surface area contributed by atoms with Crippen LogP contribution in [0.15, 0.2) is 4.42 Å². The van der Waals surface area contributed by atoms with Gasteiger partial charge < -0.3 is 15.1 Å². The van der Waals surface area contributed by atoms with Crippen molar-refractivity contribution in [3.05, 3.63) is 17.3 Å². The van der Waals surface area contributed by atoms with Crippen molar-refractivity contribution in [2.75, 3.05) is 13.1 Å². The van der Waals surface area contributed by atoms with Gasteiger partial charge in [-0.05, 0) is 19.9 Å². The Morgan fingerprint density at radius 2 is 2.40 bits per heavy atom. The SMILES string of the molecule is Cc1nc(C)c(C(=O)NC2CCNC2)o1. The molecule has 15 heavy (non-hydrogen) atoms. The quantitative estimate of drug-likeness (QED) is 0.739. The van der Waals surface area contributed by atoms with Gasteiger partial charge in [0, 0.05) is 19.5 Å². The maximum Gasteiger partial charge on any atom is 0.289 e. The molecule has 5 heteroatoms. The molecular formula is C10H15N3O2. The molecule has 2 rings (SSSR count). The van der Waals surface area contributed by atoms with Crippen molar-refractivity contribution in [1.82, 2.24) is 15.6 Å². The molecule has 1 fully saturated rings. The summed E-state index contributed by atoms with van der Waals surface area (Å²) in [5.74, 6) is 0.698. The number of nitrogens with zero attached hydrogens (tertiary/aromatic N) is 1. The van der Waals surface area contributed by atoms with Gasteiger partial charge in [-0.1, -0.05) is 0 Å². The maximum absolute atomic E-state index is 11.8. The molecule has 0 spiro atoms. The number of aromatic nitrogens is 1. The van der Waals surface area contributed by atoms with Crippen LogP contribution < -0.4 is 10.6 Å². The number of amides is 1. The lowest BCUT2D eigenvalue weighted by atomic mass is 10.2. The summed E-state index contributed by atoms with van der Waals surface area (Å²) in [6.07, 6.45) is 0.970. The van der Waals surface area contributed by atoms with Gasteiger partial charge >= 0.3 is 0 Å². The van der Waals surface area contributed by atoms with E-state index in [0.717, 1.165) is 19.5 Å². The van der Waals surface area contributed by atoms with E-state index in [1.807, 2.05) is 0 Å². The summed E-state index contributed by atoms with van der Waals surface area (Å²) in [5, 5.41) is 6.10. The average molecular weight is 209 g/mol. The Morgan fingerprint density at radius 3 is 2.93 bits per heavy atom. The summed E-state index contributed by atoms with van der Waals surface area (Å²) in [5.41, 5.74) is 0.649. The van der Waals surface area contributed by atoms with Gasteiger partial charge in [-0.15, -0.1) is 0 Å². The van der Waals surface area contributed by atoms with Gasteiger partial charge in [-0.25, -0.2) is 4.98 Å². The van der Waals surface area contributed by atoms with Gasteiger partial charge in [0.05, 0.1) is 5.69 Å². The van der Waals surface area contributed by atoms with Gasteiger partial charge in [-0.3, -0.25) is 4.79 Å². The number of rotatable bonds is 2. The Labute approximate surface area is 88.3 Å². The molecule has 1 saturated heterocycles. The number of oxazole rings is 1. The van der Waals surface area contributed by atoms with Crippen molar-refractivity contribution >= 4 is 5.91 Å². The summed E-state index contributed by atoms with van der Waals surface area (Å²) in [6.45, 7) is 5.30. The van der Waals surface area contributed by atoms with E-state index >= 15 is 0 Å². The highest BCUT2D eigenvalue weighted by Gasteiger charge is 2.21. The van der Waals surface area contributed by atoms with Crippen LogP contribution in [0.5, 0.6) is 0 Å². The topological polar surface area (TPSA) is 67.2 Å². The molecule has 1 aromatic rings. The Morgan fingerprint density at radius 1 is 1.60 bits per heavy atom. The summed E-state index contributed by atoms with van der Waals surface area (Å²) in [7, 11) is 0. The van der Waals surface area contributed by atoms with Gasteiger partial charge in [-0.2, -0.15) is 0 Å². The minimum atomic E-state index is -0.165. The predicted octanol–water partition coefficient (Wildman–Crippen LogP) is 0.383. The van der Waals surface area contributed by atoms with Crippen LogP contribution in [0.25, 0.3) is 0 Å². The van der Waals surface area contributed by atoms with E-state index in [2.05, 4.69) is 15.6 Å². The van der Waals surface area contributed by atoms with Crippen molar-refractivity contribution in [3.8, 4) is 0 Å². The smallest absolute Gasteiger partial charge is 0.289 e. The Bertz CT molecular complexity index is 367. The zero-order valence-corrected chi connectivity index (χ0v) is 8.96. The van der Waals surface area contributed by atoms with E-state index in [0.29, 0.717) is 17.3 Å². The minimum Gasteiger partial charge on any atom is -0.436 e. The van der Waals surface area contributed by atoms with Crippen LogP contribution in [0.4, 0.5) is 0 Å². The highest BCUT2D eigenvalue weighted by atomic mass is 16.4. The molecule has 0 aliphatic carbocycles. The second-order valence-corrected chi connectivity index (χ2v) is 3.81. The first-order chi connectivity index (χ1) is 7.16. The molecule has 2 heterocycles. The van der Waals surface area contributed by atoms with E-state index < -0.39 is 0 Å². The van der Waals surface area contributed by atoms with E-state index in [4.69, 9.17) is 4.42 Å². The summed E-state index contributed by atoms with van der Waals surface area (Å²) >= 11 is 0. The van der Waals surface area contributed by atoms with Gasteiger partial charge in [0.15, 0.2) is 5.89 Å². The largest absolute Gasteiger partial charge is 0.436 e. The third-order valence-electron chi connectivity index (χ3n) is 2.51. The van der Waals surface area contributed by atoms with Crippen LogP contribution in [-0.2, 0) is 0 Å². The van der Waals surface area contributed by atoms with Crippen molar-refractivity contribution in [1.29, 1.82) is 0 Å². The molecule has 1 aliphatic heterocycles. The lowest BCUT2D eigenvalue weighted by Gasteiger charge is -2.09. The van der Waals surface area contributed by atoms with E-state index in [9.17, 15) is 4.79 Å². The van der Waals surface area contributed by atoms with Crippen LogP contribution in [0.2, 0.25) is 0 Å². The molecule has 82 valence electrons. The average Bonchev–Trinajstić information content (AvgIpc) is 2.75. The van der Waals surface area contributed by atoms with Crippen molar-refractivity contribution in [2.24, 2.45) is 0 Å². The number of aryl methyl sites for hydroxylation is 2. The molecule has 5 nitrogen and oxygen atoms in total. The summed E-state index contributed by atoms with van der Waals surface area (Å²) in [4.78, 5) is 15.8. The Hall–Kier alpha value is -1.36. The molecule has 1 unspecified atom stereocenters. The normalized spacial score (nSPS) is 20.5. The molecule has 1 amide bonds. The van der Waals surface area contributed by atoms with Gasteiger partial charge in [0.1, 0.15) is 0 Å². The number of carbonyl (C=O) groups is 1. The number of hydrogen-bond acceptors (Lipinski definition) is 4. The molecule has 1 atom stereocenters. The lowest BCUT2D eigenvalue weighted by molar-refractivity contribution is 0.0910. The third-order valence-corrected chi connectivity index (χ3v) is 2.51. The predicted molar refractivity (Wildman–Crippen MR) is 54.7 cm³/mol. The highest BCUT2D eigenvalue weighted by Crippen LogP contribution is 2.10. The zero-order chi connectivity index (χ0) is 10.8. The molecule has 0 radical (unpaired) electrons. The molecule has 1 aromatic heterocycles. The van der Waals surface area contributed by atoms with E-state index in [1.165, 1.54) is 0 Å². The van der Waals surface area contributed by atoms with E-state index in [-0.39, 0.29) is 11.9 Å². The molecular weight excluding hydrogens is 194 g/mol. The van der Waals surface area contributed by atoms with Crippen molar-refractivity contribution in [2.45, 2.75) is 26.3 Å². The summed E-state index contributed by atoms with van der Waals surface area (Å²) in [6, 6.07) is 0.210. The first-order valence-electron chi connectivity index (χ1n) is 5.12. The summed E-state index contributed by atoms with van der Waals surface area (Å²) < 4.78 is 5.24. The van der Waals surface area contributed by atoms with Crippen LogP contribution in [0, 0.1) is 13.8 Å². The van der Waals surface area contributed by atoms with Gasteiger partial charge in [0.25, 0.3) is 5.91 Å². The molecule has 0 bridgehead atoms. The second kappa shape index (κ2) is 4.02. The zero-order valence-electron chi connectivity index (χ0n) is 8.96. The Balaban J connectivity index is 2.03. The van der Waals surface area contributed by atoms with Crippen LogP contribution >= 0.6 is 0 Å². The molecule has 1 aliphatic rings. The fraction of sp³-hybridized carbons (Fsp3) is 0.600. The monoisotopic (exact) mass is 209 g/mol. The number of carbonyl (C=O) groups excluding carboxylic acids is 1. The van der Waals surface area contributed by atoms with E-state index in [1.54, 1.807) is 13.8 Å².